The molecule has 0 amide bonds. The Hall–Kier alpha value is -0.120. The predicted molar refractivity (Wildman–Crippen MR) is 53.0 cm³/mol. The quantitative estimate of drug-likeness (QED) is 0.547. The molecule has 0 aromatic carbocycles. The lowest BCUT2D eigenvalue weighted by atomic mass is 10.1. The summed E-state index contributed by atoms with van der Waals surface area (Å²) in [6.45, 7) is 11.4. The SMILES string of the molecule is CCOCCOCC(C)(C)OCC. The van der Waals surface area contributed by atoms with Crippen molar-refractivity contribution in [2.45, 2.75) is 33.3 Å². The van der Waals surface area contributed by atoms with Crippen LogP contribution in [0.15, 0.2) is 0 Å². The van der Waals surface area contributed by atoms with E-state index in [4.69, 9.17) is 14.2 Å². The van der Waals surface area contributed by atoms with E-state index in [2.05, 4.69) is 0 Å². The smallest absolute Gasteiger partial charge is 0.0858 e. The maximum Gasteiger partial charge on any atom is 0.0858 e. The van der Waals surface area contributed by atoms with E-state index >= 15 is 0 Å². The molecule has 0 aliphatic rings. The minimum Gasteiger partial charge on any atom is -0.379 e. The van der Waals surface area contributed by atoms with Gasteiger partial charge in [-0.3, -0.25) is 0 Å². The lowest BCUT2D eigenvalue weighted by molar-refractivity contribution is -0.0777. The van der Waals surface area contributed by atoms with Crippen molar-refractivity contribution in [3.8, 4) is 0 Å². The van der Waals surface area contributed by atoms with Gasteiger partial charge < -0.3 is 14.2 Å². The Kier molecular flexibility index (Phi) is 7.23. The van der Waals surface area contributed by atoms with Gasteiger partial charge >= 0.3 is 0 Å². The molecule has 0 bridgehead atoms. The summed E-state index contributed by atoms with van der Waals surface area (Å²) in [4.78, 5) is 0. The molecule has 0 rings (SSSR count). The molecule has 0 aromatic heterocycles. The molecule has 80 valence electrons. The van der Waals surface area contributed by atoms with Crippen molar-refractivity contribution in [2.24, 2.45) is 0 Å². The number of ether oxygens (including phenoxy) is 3. The molecule has 3 nitrogen and oxygen atoms in total. The van der Waals surface area contributed by atoms with Crippen molar-refractivity contribution >= 4 is 0 Å². The summed E-state index contributed by atoms with van der Waals surface area (Å²) in [5.41, 5.74) is -0.180. The highest BCUT2D eigenvalue weighted by Crippen LogP contribution is 2.08. The molecule has 0 saturated heterocycles. The first-order valence-corrected chi connectivity index (χ1v) is 4.92. The first-order valence-electron chi connectivity index (χ1n) is 4.92. The Labute approximate surface area is 81.4 Å². The van der Waals surface area contributed by atoms with Gasteiger partial charge in [-0.15, -0.1) is 0 Å². The van der Waals surface area contributed by atoms with Crippen LogP contribution in [0, 0.1) is 0 Å². The normalized spacial score (nSPS) is 12.0. The van der Waals surface area contributed by atoms with Gasteiger partial charge in [0, 0.05) is 13.2 Å². The molecule has 0 spiro atoms. The van der Waals surface area contributed by atoms with Crippen LogP contribution in [0.3, 0.4) is 0 Å². The predicted octanol–water partition coefficient (Wildman–Crippen LogP) is 1.85. The molecule has 13 heavy (non-hydrogen) atoms. The van der Waals surface area contributed by atoms with E-state index in [1.807, 2.05) is 27.7 Å². The zero-order valence-electron chi connectivity index (χ0n) is 9.26. The van der Waals surface area contributed by atoms with E-state index in [-0.39, 0.29) is 5.60 Å². The van der Waals surface area contributed by atoms with Crippen molar-refractivity contribution in [2.75, 3.05) is 33.0 Å². The summed E-state index contributed by atoms with van der Waals surface area (Å²) in [5, 5.41) is 0. The molecule has 0 aliphatic carbocycles. The summed E-state index contributed by atoms with van der Waals surface area (Å²) >= 11 is 0. The highest BCUT2D eigenvalue weighted by Gasteiger charge is 2.17. The van der Waals surface area contributed by atoms with Crippen LogP contribution < -0.4 is 0 Å². The van der Waals surface area contributed by atoms with Crippen LogP contribution in [0.1, 0.15) is 27.7 Å². The molecule has 0 unspecified atom stereocenters. The van der Waals surface area contributed by atoms with Gasteiger partial charge in [0.2, 0.25) is 0 Å². The molecule has 0 heterocycles. The maximum atomic E-state index is 5.47. The largest absolute Gasteiger partial charge is 0.379 e. The van der Waals surface area contributed by atoms with E-state index in [0.717, 1.165) is 13.2 Å². The van der Waals surface area contributed by atoms with Crippen molar-refractivity contribution in [3.63, 3.8) is 0 Å². The van der Waals surface area contributed by atoms with E-state index in [9.17, 15) is 0 Å². The van der Waals surface area contributed by atoms with Crippen LogP contribution in [-0.4, -0.2) is 38.6 Å². The fourth-order valence-corrected chi connectivity index (χ4v) is 1.01. The van der Waals surface area contributed by atoms with E-state index < -0.39 is 0 Å². The Bertz CT molecular complexity index is 113. The molecule has 0 aliphatic heterocycles. The van der Waals surface area contributed by atoms with Gasteiger partial charge in [-0.2, -0.15) is 0 Å². The zero-order valence-corrected chi connectivity index (χ0v) is 9.26. The van der Waals surface area contributed by atoms with E-state index in [1.165, 1.54) is 0 Å². The molecule has 0 saturated carbocycles. The first-order chi connectivity index (χ1) is 6.12. The van der Waals surface area contributed by atoms with E-state index in [0.29, 0.717) is 19.8 Å². The van der Waals surface area contributed by atoms with Gasteiger partial charge in [-0.05, 0) is 27.7 Å². The lowest BCUT2D eigenvalue weighted by Gasteiger charge is -2.24. The highest BCUT2D eigenvalue weighted by atomic mass is 16.6. The Morgan fingerprint density at radius 3 is 2.08 bits per heavy atom. The third-order valence-electron chi connectivity index (χ3n) is 1.56. The molecule has 3 heteroatoms. The first kappa shape index (κ1) is 12.9. The standard InChI is InChI=1S/C10H22O3/c1-5-11-7-8-12-9-10(3,4)13-6-2/h5-9H2,1-4H3. The van der Waals surface area contributed by atoms with Gasteiger partial charge in [0.05, 0.1) is 25.4 Å². The molecule has 0 N–H and O–H groups in total. The van der Waals surface area contributed by atoms with E-state index in [1.54, 1.807) is 0 Å². The topological polar surface area (TPSA) is 27.7 Å². The number of rotatable bonds is 8. The van der Waals surface area contributed by atoms with Gasteiger partial charge in [-0.1, -0.05) is 0 Å². The molecule has 0 radical (unpaired) electrons. The van der Waals surface area contributed by atoms with Crippen LogP contribution in [0.2, 0.25) is 0 Å². The van der Waals surface area contributed by atoms with Crippen LogP contribution in [-0.2, 0) is 14.2 Å². The minimum absolute atomic E-state index is 0.180. The number of hydrogen-bond donors (Lipinski definition) is 0. The third kappa shape index (κ3) is 8.22. The average Bonchev–Trinajstić information content (AvgIpc) is 2.04. The van der Waals surface area contributed by atoms with Crippen LogP contribution in [0.5, 0.6) is 0 Å². The van der Waals surface area contributed by atoms with Crippen LogP contribution >= 0.6 is 0 Å². The van der Waals surface area contributed by atoms with Crippen molar-refractivity contribution in [3.05, 3.63) is 0 Å². The fraction of sp³-hybridized carbons (Fsp3) is 1.00. The van der Waals surface area contributed by atoms with Gasteiger partial charge in [-0.25, -0.2) is 0 Å². The lowest BCUT2D eigenvalue weighted by Crippen LogP contribution is -2.31. The second kappa shape index (κ2) is 7.30. The molecule has 0 aromatic rings. The van der Waals surface area contributed by atoms with Crippen molar-refractivity contribution in [1.82, 2.24) is 0 Å². The summed E-state index contributed by atoms with van der Waals surface area (Å²) in [6, 6.07) is 0. The summed E-state index contributed by atoms with van der Waals surface area (Å²) in [5.74, 6) is 0. The van der Waals surface area contributed by atoms with Crippen LogP contribution in [0.25, 0.3) is 0 Å². The Morgan fingerprint density at radius 2 is 1.54 bits per heavy atom. The average molecular weight is 190 g/mol. The van der Waals surface area contributed by atoms with Crippen LogP contribution in [0.4, 0.5) is 0 Å². The highest BCUT2D eigenvalue weighted by molar-refractivity contribution is 4.66. The molecular weight excluding hydrogens is 168 g/mol. The van der Waals surface area contributed by atoms with Gasteiger partial charge in [0.25, 0.3) is 0 Å². The third-order valence-corrected chi connectivity index (χ3v) is 1.56. The second-order valence-electron chi connectivity index (χ2n) is 3.44. The Morgan fingerprint density at radius 1 is 0.923 bits per heavy atom. The monoisotopic (exact) mass is 190 g/mol. The minimum atomic E-state index is -0.180. The second-order valence-corrected chi connectivity index (χ2v) is 3.44. The van der Waals surface area contributed by atoms with Crippen molar-refractivity contribution in [1.29, 1.82) is 0 Å². The maximum absolute atomic E-state index is 5.47. The summed E-state index contributed by atoms with van der Waals surface area (Å²) < 4.78 is 16.0. The summed E-state index contributed by atoms with van der Waals surface area (Å²) in [7, 11) is 0. The van der Waals surface area contributed by atoms with Crippen molar-refractivity contribution < 1.29 is 14.2 Å². The molecule has 0 atom stereocenters. The van der Waals surface area contributed by atoms with Gasteiger partial charge in [0.1, 0.15) is 0 Å². The molecule has 0 fully saturated rings. The van der Waals surface area contributed by atoms with Gasteiger partial charge in [0.15, 0.2) is 0 Å². The zero-order chi connectivity index (χ0) is 10.2. The number of hydrogen-bond acceptors (Lipinski definition) is 3. The summed E-state index contributed by atoms with van der Waals surface area (Å²) in [6.07, 6.45) is 0. The molecular formula is C10H22O3. The Balaban J connectivity index is 3.29. The fourth-order valence-electron chi connectivity index (χ4n) is 1.01.